The van der Waals surface area contributed by atoms with Crippen molar-refractivity contribution in [3.8, 4) is 10.8 Å². The first-order chi connectivity index (χ1) is 10.7. The summed E-state index contributed by atoms with van der Waals surface area (Å²) in [7, 11) is 4.12. The van der Waals surface area contributed by atoms with Gasteiger partial charge in [0.2, 0.25) is 5.06 Å². The molecule has 5 atom stereocenters. The van der Waals surface area contributed by atoms with Gasteiger partial charge in [0.05, 0.1) is 7.11 Å². The molecule has 0 aromatic carbocycles. The Kier molecular flexibility index (Phi) is 2.74. The topological polar surface area (TPSA) is 21.7 Å². The van der Waals surface area contributed by atoms with E-state index < -0.39 is 0 Å². The highest BCUT2D eigenvalue weighted by atomic mass is 32.1. The number of hydrogen-bond acceptors (Lipinski definition) is 4. The Morgan fingerprint density at radius 3 is 3.05 bits per heavy atom. The van der Waals surface area contributed by atoms with E-state index in [0.717, 1.165) is 16.7 Å². The minimum absolute atomic E-state index is 0.298. The lowest BCUT2D eigenvalue weighted by Gasteiger charge is -2.58. The maximum Gasteiger partial charge on any atom is 0.217 e. The van der Waals surface area contributed by atoms with Crippen LogP contribution in [0.2, 0.25) is 0 Å². The second kappa shape index (κ2) is 4.41. The van der Waals surface area contributed by atoms with Gasteiger partial charge in [0.1, 0.15) is 6.10 Å². The third-order valence-electron chi connectivity index (χ3n) is 7.08. The average molecular weight is 319 g/mol. The summed E-state index contributed by atoms with van der Waals surface area (Å²) in [5.74, 6) is 2.63. The zero-order valence-corrected chi connectivity index (χ0v) is 14.5. The van der Waals surface area contributed by atoms with Crippen molar-refractivity contribution in [1.82, 2.24) is 4.90 Å². The highest BCUT2D eigenvalue weighted by Gasteiger charge is 2.65. The monoisotopic (exact) mass is 319 g/mol. The van der Waals surface area contributed by atoms with E-state index in [2.05, 4.69) is 18.9 Å². The number of rotatable bonds is 2. The van der Waals surface area contributed by atoms with E-state index in [1.165, 1.54) is 38.6 Å². The molecule has 22 heavy (non-hydrogen) atoms. The predicted molar refractivity (Wildman–Crippen MR) is 88.2 cm³/mol. The summed E-state index contributed by atoms with van der Waals surface area (Å²) in [5, 5.41) is 1.03. The van der Waals surface area contributed by atoms with Crippen LogP contribution >= 0.6 is 11.3 Å². The van der Waals surface area contributed by atoms with Crippen molar-refractivity contribution in [1.29, 1.82) is 0 Å². The summed E-state index contributed by atoms with van der Waals surface area (Å²) in [6, 6.07) is 0.708. The lowest BCUT2D eigenvalue weighted by molar-refractivity contribution is -0.0695. The van der Waals surface area contributed by atoms with Crippen LogP contribution in [0.3, 0.4) is 0 Å². The predicted octanol–water partition coefficient (Wildman–Crippen LogP) is 3.45. The second-order valence-corrected chi connectivity index (χ2v) is 8.72. The van der Waals surface area contributed by atoms with Crippen molar-refractivity contribution < 1.29 is 9.47 Å². The molecule has 2 aliphatic carbocycles. The number of likely N-dealkylation sites (tertiary alicyclic amines) is 1. The molecular formula is C18H25NO2S. The molecule has 5 rings (SSSR count). The number of piperidine rings is 1. The van der Waals surface area contributed by atoms with Gasteiger partial charge in [0.15, 0.2) is 5.75 Å². The Morgan fingerprint density at radius 2 is 2.27 bits per heavy atom. The molecule has 3 nitrogen and oxygen atoms in total. The van der Waals surface area contributed by atoms with Gasteiger partial charge in [-0.05, 0) is 57.5 Å². The molecule has 3 heterocycles. The van der Waals surface area contributed by atoms with E-state index in [1.807, 2.05) is 11.3 Å². The number of thiophene rings is 1. The van der Waals surface area contributed by atoms with E-state index >= 15 is 0 Å². The summed E-state index contributed by atoms with van der Waals surface area (Å²) in [6.07, 6.45) is 6.83. The van der Waals surface area contributed by atoms with Crippen LogP contribution in [-0.4, -0.2) is 37.7 Å². The van der Waals surface area contributed by atoms with E-state index in [9.17, 15) is 0 Å². The third kappa shape index (κ3) is 1.38. The van der Waals surface area contributed by atoms with Crippen LogP contribution in [-0.2, 0) is 11.8 Å². The lowest BCUT2D eigenvalue weighted by Crippen LogP contribution is -2.65. The Bertz CT molecular complexity index is 627. The Morgan fingerprint density at radius 1 is 1.41 bits per heavy atom. The Labute approximate surface area is 136 Å². The van der Waals surface area contributed by atoms with Gasteiger partial charge in [0, 0.05) is 21.9 Å². The fraction of sp³-hybridized carbons (Fsp3) is 0.778. The molecule has 1 saturated heterocycles. The summed E-state index contributed by atoms with van der Waals surface area (Å²) < 4.78 is 12.3. The van der Waals surface area contributed by atoms with Crippen LogP contribution in [0.1, 0.15) is 43.0 Å². The highest BCUT2D eigenvalue weighted by Crippen LogP contribution is 2.67. The molecular weight excluding hydrogens is 294 g/mol. The first kappa shape index (κ1) is 13.7. The molecule has 0 N–H and O–H groups in total. The number of hydrogen-bond donors (Lipinski definition) is 0. The molecule has 1 aromatic rings. The van der Waals surface area contributed by atoms with Gasteiger partial charge >= 0.3 is 0 Å². The molecule has 1 saturated carbocycles. The fourth-order valence-corrected chi connectivity index (χ4v) is 7.30. The zero-order valence-electron chi connectivity index (χ0n) is 13.7. The first-order valence-corrected chi connectivity index (χ1v) is 9.59. The molecule has 2 bridgehead atoms. The largest absolute Gasteiger partial charge is 0.485 e. The van der Waals surface area contributed by atoms with Crippen LogP contribution in [0.4, 0.5) is 0 Å². The van der Waals surface area contributed by atoms with Gasteiger partial charge in [0.25, 0.3) is 0 Å². The fourth-order valence-electron chi connectivity index (χ4n) is 6.11. The summed E-state index contributed by atoms with van der Waals surface area (Å²) in [4.78, 5) is 4.17. The molecule has 120 valence electrons. The SMILES string of the molecule is CCC1CCC2C3Cc4sc(OC)c5c4[C@@]2(CCN3C)C1O5. The minimum Gasteiger partial charge on any atom is -0.485 e. The van der Waals surface area contributed by atoms with Crippen molar-refractivity contribution >= 4 is 11.3 Å². The zero-order chi connectivity index (χ0) is 15.1. The van der Waals surface area contributed by atoms with Crippen LogP contribution in [0.25, 0.3) is 0 Å². The maximum absolute atomic E-state index is 6.65. The first-order valence-electron chi connectivity index (χ1n) is 8.77. The van der Waals surface area contributed by atoms with Gasteiger partial charge in [-0.2, -0.15) is 0 Å². The van der Waals surface area contributed by atoms with Crippen molar-refractivity contribution in [2.75, 3.05) is 20.7 Å². The molecule has 1 spiro atoms. The van der Waals surface area contributed by atoms with Gasteiger partial charge in [-0.3, -0.25) is 0 Å². The maximum atomic E-state index is 6.65. The normalized spacial score (nSPS) is 42.0. The lowest BCUT2D eigenvalue weighted by atomic mass is 9.51. The molecule has 1 aromatic heterocycles. The molecule has 0 amide bonds. The quantitative estimate of drug-likeness (QED) is 0.833. The number of methoxy groups -OCH3 is 1. The number of nitrogens with zero attached hydrogens (tertiary/aromatic N) is 1. The highest BCUT2D eigenvalue weighted by molar-refractivity contribution is 7.14. The van der Waals surface area contributed by atoms with Crippen molar-refractivity contribution in [3.63, 3.8) is 0 Å². The molecule has 2 aliphatic heterocycles. The molecule has 4 unspecified atom stereocenters. The van der Waals surface area contributed by atoms with Crippen molar-refractivity contribution in [2.45, 2.75) is 56.6 Å². The average Bonchev–Trinajstić information content (AvgIpc) is 3.05. The summed E-state index contributed by atoms with van der Waals surface area (Å²) in [5.41, 5.74) is 1.87. The van der Waals surface area contributed by atoms with Crippen LogP contribution < -0.4 is 9.47 Å². The van der Waals surface area contributed by atoms with E-state index in [4.69, 9.17) is 9.47 Å². The van der Waals surface area contributed by atoms with Crippen LogP contribution in [0.5, 0.6) is 10.8 Å². The Hall–Kier alpha value is -0.740. The third-order valence-corrected chi connectivity index (χ3v) is 8.23. The van der Waals surface area contributed by atoms with Crippen molar-refractivity contribution in [2.24, 2.45) is 11.8 Å². The number of likely N-dealkylation sites (N-methyl/N-ethyl adjacent to an activating group) is 1. The second-order valence-electron chi connectivity index (χ2n) is 7.65. The van der Waals surface area contributed by atoms with Gasteiger partial charge in [-0.1, -0.05) is 18.3 Å². The number of ether oxygens (including phenoxy) is 2. The molecule has 4 heteroatoms. The van der Waals surface area contributed by atoms with E-state index in [-0.39, 0.29) is 0 Å². The molecule has 2 fully saturated rings. The van der Waals surface area contributed by atoms with E-state index in [0.29, 0.717) is 23.5 Å². The minimum atomic E-state index is 0.298. The van der Waals surface area contributed by atoms with Crippen molar-refractivity contribution in [3.05, 3.63) is 10.4 Å². The van der Waals surface area contributed by atoms with Gasteiger partial charge < -0.3 is 14.4 Å². The van der Waals surface area contributed by atoms with Crippen LogP contribution in [0, 0.1) is 11.8 Å². The summed E-state index contributed by atoms with van der Waals surface area (Å²) in [6.45, 7) is 3.55. The Balaban J connectivity index is 1.75. The van der Waals surface area contributed by atoms with Crippen LogP contribution in [0.15, 0.2) is 0 Å². The van der Waals surface area contributed by atoms with Gasteiger partial charge in [-0.15, -0.1) is 0 Å². The van der Waals surface area contributed by atoms with Gasteiger partial charge in [-0.25, -0.2) is 0 Å². The standard InChI is InChI=1S/C18H25NO2S/c1-4-10-5-6-11-12-9-13-14-15(17(20-3)22-13)21-16(10)18(11,14)7-8-19(12)2/h10-12,16H,4-9H2,1-3H3/t10?,11?,12?,16?,18-/m0/s1. The summed E-state index contributed by atoms with van der Waals surface area (Å²) >= 11 is 1.84. The molecule has 0 radical (unpaired) electrons. The smallest absolute Gasteiger partial charge is 0.217 e. The molecule has 4 aliphatic rings. The van der Waals surface area contributed by atoms with E-state index in [1.54, 1.807) is 17.6 Å².